The van der Waals surface area contributed by atoms with Crippen LogP contribution in [-0.4, -0.2) is 24.7 Å². The third kappa shape index (κ3) is 3.87. The van der Waals surface area contributed by atoms with Crippen molar-refractivity contribution in [3.8, 4) is 11.5 Å². The Kier molecular flexibility index (Phi) is 4.84. The number of nitrogens with two attached hydrogens (primary N) is 1. The van der Waals surface area contributed by atoms with E-state index in [1.165, 1.54) is 12.8 Å². The van der Waals surface area contributed by atoms with E-state index >= 15 is 0 Å². The minimum absolute atomic E-state index is 0.489. The van der Waals surface area contributed by atoms with E-state index in [2.05, 4.69) is 5.32 Å². The summed E-state index contributed by atoms with van der Waals surface area (Å²) in [5, 5.41) is 3.43. The zero-order valence-corrected chi connectivity index (χ0v) is 12.0. The first-order valence-corrected chi connectivity index (χ1v) is 7.05. The third-order valence-electron chi connectivity index (χ3n) is 3.21. The lowest BCUT2D eigenvalue weighted by Gasteiger charge is -2.19. The number of hydrogen-bond donors (Lipinski definition) is 2. The maximum atomic E-state index is 11.2. The maximum Gasteiger partial charge on any atom is 0.258 e. The van der Waals surface area contributed by atoms with Crippen molar-refractivity contribution in [1.82, 2.24) is 5.32 Å². The second kappa shape index (κ2) is 6.61. The van der Waals surface area contributed by atoms with Gasteiger partial charge in [-0.25, -0.2) is 0 Å². The van der Waals surface area contributed by atoms with E-state index in [4.69, 9.17) is 15.2 Å². The van der Waals surface area contributed by atoms with Gasteiger partial charge in [0.2, 0.25) is 0 Å². The number of amides is 1. The molecule has 1 unspecified atom stereocenters. The molecule has 1 aromatic carbocycles. The zero-order valence-electron chi connectivity index (χ0n) is 12.0. The van der Waals surface area contributed by atoms with Gasteiger partial charge in [-0.2, -0.15) is 0 Å². The summed E-state index contributed by atoms with van der Waals surface area (Å²) in [6.07, 6.45) is 1.76. The van der Waals surface area contributed by atoms with Crippen LogP contribution in [0.5, 0.6) is 11.5 Å². The van der Waals surface area contributed by atoms with Crippen LogP contribution in [0.15, 0.2) is 18.2 Å². The molecular weight excluding hydrogens is 256 g/mol. The van der Waals surface area contributed by atoms with Gasteiger partial charge in [0.25, 0.3) is 5.91 Å². The lowest BCUT2D eigenvalue weighted by atomic mass is 10.1. The summed E-state index contributed by atoms with van der Waals surface area (Å²) in [5.74, 6) is 0.766. The fraction of sp³-hybridized carbons (Fsp3) is 0.533. The Balaban J connectivity index is 2.18. The quantitative estimate of drug-likeness (QED) is 0.757. The van der Waals surface area contributed by atoms with Crippen LogP contribution in [-0.2, 0) is 11.3 Å². The van der Waals surface area contributed by atoms with Gasteiger partial charge in [0.15, 0.2) is 17.6 Å². The first kappa shape index (κ1) is 14.7. The molecule has 0 saturated heterocycles. The summed E-state index contributed by atoms with van der Waals surface area (Å²) in [6.45, 7) is 4.80. The molecule has 1 saturated carbocycles. The Labute approximate surface area is 119 Å². The van der Waals surface area contributed by atoms with Crippen LogP contribution in [0.4, 0.5) is 0 Å². The van der Waals surface area contributed by atoms with Gasteiger partial charge >= 0.3 is 0 Å². The molecule has 3 N–H and O–H groups in total. The number of nitrogens with one attached hydrogen (secondary N) is 1. The fourth-order valence-corrected chi connectivity index (χ4v) is 1.88. The number of ether oxygens (including phenoxy) is 2. The molecule has 0 bridgehead atoms. The highest BCUT2D eigenvalue weighted by Gasteiger charge is 2.22. The number of rotatable bonds is 8. The average molecular weight is 278 g/mol. The van der Waals surface area contributed by atoms with Crippen LogP contribution >= 0.6 is 0 Å². The van der Waals surface area contributed by atoms with Gasteiger partial charge in [0, 0.05) is 18.2 Å². The van der Waals surface area contributed by atoms with Gasteiger partial charge in [0.05, 0.1) is 6.61 Å². The Bertz CT molecular complexity index is 472. The van der Waals surface area contributed by atoms with Crippen molar-refractivity contribution in [2.75, 3.05) is 6.61 Å². The SMILES string of the molecule is CCOc1cccc(CNC2CC2)c1OC(C)C(N)=O. The van der Waals surface area contributed by atoms with Gasteiger partial charge < -0.3 is 20.5 Å². The van der Waals surface area contributed by atoms with Crippen LogP contribution in [0.2, 0.25) is 0 Å². The first-order chi connectivity index (χ1) is 9.61. The van der Waals surface area contributed by atoms with E-state index in [0.29, 0.717) is 30.7 Å². The summed E-state index contributed by atoms with van der Waals surface area (Å²) in [6, 6.07) is 6.34. The van der Waals surface area contributed by atoms with Crippen LogP contribution in [0, 0.1) is 0 Å². The Hall–Kier alpha value is -1.75. The standard InChI is InChI=1S/C15H22N2O3/c1-3-19-13-6-4-5-11(9-17-12-7-8-12)14(13)20-10(2)15(16)18/h4-6,10,12,17H,3,7-9H2,1-2H3,(H2,16,18). The van der Waals surface area contributed by atoms with E-state index < -0.39 is 12.0 Å². The van der Waals surface area contributed by atoms with Gasteiger partial charge in [-0.3, -0.25) is 4.79 Å². The first-order valence-electron chi connectivity index (χ1n) is 7.05. The minimum atomic E-state index is -0.684. The van der Waals surface area contributed by atoms with E-state index in [1.54, 1.807) is 6.92 Å². The van der Waals surface area contributed by atoms with Crippen molar-refractivity contribution in [3.63, 3.8) is 0 Å². The number of hydrogen-bond acceptors (Lipinski definition) is 4. The summed E-state index contributed by atoms with van der Waals surface area (Å²) in [5.41, 5.74) is 6.25. The molecular formula is C15H22N2O3. The minimum Gasteiger partial charge on any atom is -0.490 e. The van der Waals surface area contributed by atoms with E-state index in [0.717, 1.165) is 5.56 Å². The van der Waals surface area contributed by atoms with Crippen molar-refractivity contribution in [2.45, 2.75) is 45.4 Å². The van der Waals surface area contributed by atoms with Crippen molar-refractivity contribution < 1.29 is 14.3 Å². The Morgan fingerprint density at radius 2 is 2.25 bits per heavy atom. The molecule has 5 heteroatoms. The topological polar surface area (TPSA) is 73.6 Å². The van der Waals surface area contributed by atoms with Crippen molar-refractivity contribution in [2.24, 2.45) is 5.73 Å². The summed E-state index contributed by atoms with van der Waals surface area (Å²) in [4.78, 5) is 11.2. The number of para-hydroxylation sites is 1. The average Bonchev–Trinajstić information content (AvgIpc) is 3.23. The van der Waals surface area contributed by atoms with E-state index in [9.17, 15) is 4.79 Å². The highest BCUT2D eigenvalue weighted by molar-refractivity contribution is 5.78. The highest BCUT2D eigenvalue weighted by atomic mass is 16.5. The molecule has 5 nitrogen and oxygen atoms in total. The molecule has 110 valence electrons. The summed E-state index contributed by atoms with van der Waals surface area (Å²) in [7, 11) is 0. The van der Waals surface area contributed by atoms with E-state index in [-0.39, 0.29) is 0 Å². The molecule has 1 aliphatic carbocycles. The number of carbonyl (C=O) groups excluding carboxylic acids is 1. The Morgan fingerprint density at radius 3 is 2.85 bits per heavy atom. The molecule has 0 radical (unpaired) electrons. The van der Waals surface area contributed by atoms with Crippen molar-refractivity contribution in [3.05, 3.63) is 23.8 Å². The lowest BCUT2D eigenvalue weighted by Crippen LogP contribution is -2.31. The van der Waals surface area contributed by atoms with Crippen LogP contribution < -0.4 is 20.5 Å². The summed E-state index contributed by atoms with van der Waals surface area (Å²) >= 11 is 0. The lowest BCUT2D eigenvalue weighted by molar-refractivity contribution is -0.124. The molecule has 0 spiro atoms. The Morgan fingerprint density at radius 1 is 1.50 bits per heavy atom. The monoisotopic (exact) mass is 278 g/mol. The van der Waals surface area contributed by atoms with Gasteiger partial charge in [0.1, 0.15) is 0 Å². The van der Waals surface area contributed by atoms with Crippen LogP contribution in [0.1, 0.15) is 32.3 Å². The molecule has 0 aliphatic heterocycles. The van der Waals surface area contributed by atoms with Crippen molar-refractivity contribution >= 4 is 5.91 Å². The predicted octanol–water partition coefficient (Wildman–Crippen LogP) is 1.59. The zero-order chi connectivity index (χ0) is 14.5. The van der Waals surface area contributed by atoms with Gasteiger partial charge in [-0.1, -0.05) is 12.1 Å². The largest absolute Gasteiger partial charge is 0.490 e. The van der Waals surface area contributed by atoms with E-state index in [1.807, 2.05) is 25.1 Å². The second-order valence-electron chi connectivity index (χ2n) is 5.00. The maximum absolute atomic E-state index is 11.2. The van der Waals surface area contributed by atoms with Gasteiger partial charge in [-0.15, -0.1) is 0 Å². The highest BCUT2D eigenvalue weighted by Crippen LogP contribution is 2.33. The van der Waals surface area contributed by atoms with Crippen molar-refractivity contribution in [1.29, 1.82) is 0 Å². The van der Waals surface area contributed by atoms with Crippen LogP contribution in [0.3, 0.4) is 0 Å². The molecule has 0 heterocycles. The van der Waals surface area contributed by atoms with Crippen LogP contribution in [0.25, 0.3) is 0 Å². The molecule has 1 aliphatic rings. The summed E-state index contributed by atoms with van der Waals surface area (Å²) < 4.78 is 11.3. The number of benzene rings is 1. The number of carbonyl (C=O) groups is 1. The fourth-order valence-electron chi connectivity index (χ4n) is 1.88. The molecule has 1 amide bonds. The second-order valence-corrected chi connectivity index (χ2v) is 5.00. The number of primary amides is 1. The molecule has 1 aromatic rings. The molecule has 2 rings (SSSR count). The molecule has 1 fully saturated rings. The molecule has 1 atom stereocenters. The predicted molar refractivity (Wildman–Crippen MR) is 76.8 cm³/mol. The van der Waals surface area contributed by atoms with Gasteiger partial charge in [-0.05, 0) is 32.8 Å². The third-order valence-corrected chi connectivity index (χ3v) is 3.21. The molecule has 0 aromatic heterocycles. The normalized spacial score (nSPS) is 15.7. The smallest absolute Gasteiger partial charge is 0.258 e. The molecule has 20 heavy (non-hydrogen) atoms.